The third kappa shape index (κ3) is 1.05. The van der Waals surface area contributed by atoms with Crippen molar-refractivity contribution >= 4 is 5.91 Å². The van der Waals surface area contributed by atoms with Crippen LogP contribution >= 0.6 is 0 Å². The molecule has 2 heteroatoms. The summed E-state index contributed by atoms with van der Waals surface area (Å²) in [5.74, 6) is 1.37. The molecular formula is C10H17NO. The van der Waals surface area contributed by atoms with Gasteiger partial charge >= 0.3 is 0 Å². The van der Waals surface area contributed by atoms with E-state index in [1.165, 1.54) is 6.42 Å². The maximum atomic E-state index is 11.1. The lowest BCUT2D eigenvalue weighted by atomic mass is 9.79. The summed E-state index contributed by atoms with van der Waals surface area (Å²) in [4.78, 5) is 11.1. The minimum absolute atomic E-state index is 0.284. The number of nitrogens with one attached hydrogen (secondary N) is 1. The number of hydrogen-bond acceptors (Lipinski definition) is 1. The van der Waals surface area contributed by atoms with Gasteiger partial charge in [-0.3, -0.25) is 4.79 Å². The van der Waals surface area contributed by atoms with Crippen LogP contribution in [0.3, 0.4) is 0 Å². The lowest BCUT2D eigenvalue weighted by Crippen LogP contribution is -2.54. The summed E-state index contributed by atoms with van der Waals surface area (Å²) in [7, 11) is 0. The third-order valence-corrected chi connectivity index (χ3v) is 3.45. The summed E-state index contributed by atoms with van der Waals surface area (Å²) in [6.07, 6.45) is 2.31. The molecule has 3 atom stereocenters. The Morgan fingerprint density at radius 1 is 1.33 bits per heavy atom. The molecule has 68 valence electrons. The van der Waals surface area contributed by atoms with E-state index >= 15 is 0 Å². The van der Waals surface area contributed by atoms with Crippen molar-refractivity contribution in [3.8, 4) is 0 Å². The number of carbonyl (C=O) groups excluding carboxylic acids is 1. The van der Waals surface area contributed by atoms with E-state index in [1.54, 1.807) is 0 Å². The Kier molecular flexibility index (Phi) is 1.51. The molecule has 0 aromatic carbocycles. The number of β-lactam (4-membered cyclic amide) rings is 1. The van der Waals surface area contributed by atoms with Gasteiger partial charge in [-0.1, -0.05) is 20.8 Å². The number of rotatable bonds is 0. The molecule has 0 aromatic rings. The van der Waals surface area contributed by atoms with Gasteiger partial charge < -0.3 is 5.32 Å². The summed E-state index contributed by atoms with van der Waals surface area (Å²) in [6, 6.07) is 0.515. The lowest BCUT2D eigenvalue weighted by molar-refractivity contribution is -0.133. The maximum Gasteiger partial charge on any atom is 0.225 e. The Morgan fingerprint density at radius 2 is 2.00 bits per heavy atom. The molecule has 1 saturated heterocycles. The van der Waals surface area contributed by atoms with Gasteiger partial charge in [-0.05, 0) is 24.2 Å². The van der Waals surface area contributed by atoms with Crippen LogP contribution in [0.1, 0.15) is 33.6 Å². The lowest BCUT2D eigenvalue weighted by Gasteiger charge is -2.30. The van der Waals surface area contributed by atoms with Crippen LogP contribution in [0.2, 0.25) is 0 Å². The van der Waals surface area contributed by atoms with Crippen molar-refractivity contribution in [2.75, 3.05) is 0 Å². The fourth-order valence-electron chi connectivity index (χ4n) is 2.39. The zero-order valence-corrected chi connectivity index (χ0v) is 8.05. The van der Waals surface area contributed by atoms with E-state index < -0.39 is 0 Å². The SMILES string of the molecule is CC(C)(C)[C@H]1C[C@@H]2C(=O)N[C@@H]2C1. The van der Waals surface area contributed by atoms with Crippen LogP contribution in [0, 0.1) is 17.3 Å². The van der Waals surface area contributed by atoms with E-state index in [-0.39, 0.29) is 5.91 Å². The first-order chi connectivity index (χ1) is 5.48. The van der Waals surface area contributed by atoms with E-state index in [1.807, 2.05) is 0 Å². The maximum absolute atomic E-state index is 11.1. The highest BCUT2D eigenvalue weighted by molar-refractivity contribution is 5.86. The molecule has 2 fully saturated rings. The Labute approximate surface area is 73.7 Å². The topological polar surface area (TPSA) is 29.1 Å². The monoisotopic (exact) mass is 167 g/mol. The van der Waals surface area contributed by atoms with E-state index in [0.29, 0.717) is 17.4 Å². The number of carbonyl (C=O) groups is 1. The molecular weight excluding hydrogens is 150 g/mol. The molecule has 2 nitrogen and oxygen atoms in total. The van der Waals surface area contributed by atoms with Gasteiger partial charge in [0.25, 0.3) is 0 Å². The average Bonchev–Trinajstić information content (AvgIpc) is 2.24. The molecule has 0 unspecified atom stereocenters. The summed E-state index contributed by atoms with van der Waals surface area (Å²) < 4.78 is 0. The fraction of sp³-hybridized carbons (Fsp3) is 0.900. The predicted molar refractivity (Wildman–Crippen MR) is 47.6 cm³/mol. The Morgan fingerprint density at radius 3 is 2.42 bits per heavy atom. The van der Waals surface area contributed by atoms with Crippen molar-refractivity contribution in [1.82, 2.24) is 5.32 Å². The van der Waals surface area contributed by atoms with Gasteiger partial charge in [-0.25, -0.2) is 0 Å². The molecule has 0 aromatic heterocycles. The van der Waals surface area contributed by atoms with Gasteiger partial charge in [-0.15, -0.1) is 0 Å². The molecule has 1 N–H and O–H groups in total. The summed E-state index contributed by atoms with van der Waals surface area (Å²) in [5.41, 5.74) is 0.374. The number of hydrogen-bond donors (Lipinski definition) is 1. The second kappa shape index (κ2) is 2.24. The molecule has 1 saturated carbocycles. The first kappa shape index (κ1) is 8.09. The molecule has 1 aliphatic carbocycles. The van der Waals surface area contributed by atoms with Crippen molar-refractivity contribution < 1.29 is 4.79 Å². The molecule has 0 spiro atoms. The zero-order valence-electron chi connectivity index (χ0n) is 8.05. The molecule has 0 bridgehead atoms. The van der Waals surface area contributed by atoms with E-state index in [9.17, 15) is 4.79 Å². The van der Waals surface area contributed by atoms with Gasteiger partial charge in [-0.2, -0.15) is 0 Å². The van der Waals surface area contributed by atoms with Crippen LogP contribution in [0.4, 0.5) is 0 Å². The summed E-state index contributed by atoms with van der Waals surface area (Å²) in [6.45, 7) is 6.81. The Balaban J connectivity index is 2.03. The molecule has 0 radical (unpaired) electrons. The minimum Gasteiger partial charge on any atom is -0.352 e. The van der Waals surface area contributed by atoms with Gasteiger partial charge in [0.15, 0.2) is 0 Å². The second-order valence-corrected chi connectivity index (χ2v) is 5.26. The van der Waals surface area contributed by atoms with Gasteiger partial charge in [0.2, 0.25) is 5.91 Å². The van der Waals surface area contributed by atoms with Crippen LogP contribution in [-0.2, 0) is 4.79 Å². The quantitative estimate of drug-likeness (QED) is 0.545. The van der Waals surface area contributed by atoms with Gasteiger partial charge in [0, 0.05) is 6.04 Å². The van der Waals surface area contributed by atoms with Crippen LogP contribution in [0.25, 0.3) is 0 Å². The number of fused-ring (bicyclic) bond motifs is 1. The zero-order chi connectivity index (χ0) is 8.93. The van der Waals surface area contributed by atoms with Crippen molar-refractivity contribution in [3.63, 3.8) is 0 Å². The Hall–Kier alpha value is -0.530. The highest BCUT2D eigenvalue weighted by Gasteiger charge is 2.49. The smallest absolute Gasteiger partial charge is 0.225 e. The molecule has 1 heterocycles. The van der Waals surface area contributed by atoms with Gasteiger partial charge in [0.05, 0.1) is 5.92 Å². The van der Waals surface area contributed by atoms with Crippen molar-refractivity contribution in [3.05, 3.63) is 0 Å². The standard InChI is InChI=1S/C10H17NO/c1-10(2,3)6-4-7-8(5-6)11-9(7)12/h6-8H,4-5H2,1-3H3,(H,11,12)/t6-,7-,8+/m0/s1. The average molecular weight is 167 g/mol. The molecule has 2 rings (SSSR count). The number of amides is 1. The van der Waals surface area contributed by atoms with Crippen molar-refractivity contribution in [1.29, 1.82) is 0 Å². The first-order valence-corrected chi connectivity index (χ1v) is 4.79. The predicted octanol–water partition coefficient (Wildman–Crippen LogP) is 1.56. The fourth-order valence-corrected chi connectivity index (χ4v) is 2.39. The molecule has 1 amide bonds. The molecule has 2 aliphatic rings. The van der Waals surface area contributed by atoms with Gasteiger partial charge in [0.1, 0.15) is 0 Å². The molecule has 1 aliphatic heterocycles. The highest BCUT2D eigenvalue weighted by atomic mass is 16.2. The van der Waals surface area contributed by atoms with E-state index in [4.69, 9.17) is 0 Å². The first-order valence-electron chi connectivity index (χ1n) is 4.79. The van der Waals surface area contributed by atoms with Crippen molar-refractivity contribution in [2.24, 2.45) is 17.3 Å². The van der Waals surface area contributed by atoms with Crippen LogP contribution < -0.4 is 5.32 Å². The Bertz CT molecular complexity index is 216. The minimum atomic E-state index is 0.284. The van der Waals surface area contributed by atoms with Crippen molar-refractivity contribution in [2.45, 2.75) is 39.7 Å². The summed E-state index contributed by atoms with van der Waals surface area (Å²) >= 11 is 0. The molecule has 12 heavy (non-hydrogen) atoms. The van der Waals surface area contributed by atoms with Crippen LogP contribution in [-0.4, -0.2) is 11.9 Å². The summed E-state index contributed by atoms with van der Waals surface area (Å²) in [5, 5.41) is 2.97. The highest BCUT2D eigenvalue weighted by Crippen LogP contribution is 2.45. The van der Waals surface area contributed by atoms with E-state index in [0.717, 1.165) is 12.3 Å². The van der Waals surface area contributed by atoms with Crippen LogP contribution in [0.15, 0.2) is 0 Å². The normalized spacial score (nSPS) is 40.2. The van der Waals surface area contributed by atoms with E-state index in [2.05, 4.69) is 26.1 Å². The van der Waals surface area contributed by atoms with Crippen LogP contribution in [0.5, 0.6) is 0 Å². The second-order valence-electron chi connectivity index (χ2n) is 5.26. The third-order valence-electron chi connectivity index (χ3n) is 3.45. The largest absolute Gasteiger partial charge is 0.352 e.